The molecule has 0 bridgehead atoms. The fourth-order valence-corrected chi connectivity index (χ4v) is 2.95. The average Bonchev–Trinajstić information content (AvgIpc) is 2.32. The zero-order valence-electron chi connectivity index (χ0n) is 12.2. The van der Waals surface area contributed by atoms with Gasteiger partial charge in [0, 0.05) is 12.6 Å². The van der Waals surface area contributed by atoms with E-state index in [9.17, 15) is 4.79 Å². The van der Waals surface area contributed by atoms with Crippen LogP contribution in [0.3, 0.4) is 0 Å². The Morgan fingerprint density at radius 2 is 2.17 bits per heavy atom. The Balaban J connectivity index is 2.68. The summed E-state index contributed by atoms with van der Waals surface area (Å²) in [5.74, 6) is -0.245. The molecule has 2 unspecified atom stereocenters. The number of piperidine rings is 1. The van der Waals surface area contributed by atoms with Crippen molar-refractivity contribution in [3.05, 3.63) is 0 Å². The summed E-state index contributed by atoms with van der Waals surface area (Å²) >= 11 is 0. The predicted molar refractivity (Wildman–Crippen MR) is 75.4 cm³/mol. The molecule has 1 aliphatic heterocycles. The molecular weight excluding hydrogens is 226 g/mol. The van der Waals surface area contributed by atoms with Crippen molar-refractivity contribution in [1.29, 1.82) is 0 Å². The van der Waals surface area contributed by atoms with Crippen molar-refractivity contribution in [3.63, 3.8) is 0 Å². The second-order valence-corrected chi connectivity index (χ2v) is 5.64. The van der Waals surface area contributed by atoms with Crippen molar-refractivity contribution in [1.82, 2.24) is 10.2 Å². The second kappa shape index (κ2) is 7.10. The summed E-state index contributed by atoms with van der Waals surface area (Å²) in [5, 5.41) is 3.25. The van der Waals surface area contributed by atoms with Crippen LogP contribution in [0, 0.1) is 0 Å². The lowest BCUT2D eigenvalue weighted by Gasteiger charge is -2.41. The Morgan fingerprint density at radius 1 is 1.44 bits per heavy atom. The molecule has 4 heteroatoms. The van der Waals surface area contributed by atoms with Crippen LogP contribution in [0.25, 0.3) is 0 Å². The second-order valence-electron chi connectivity index (χ2n) is 5.64. The number of nitrogens with zero attached hydrogens (tertiary/aromatic N) is 1. The molecule has 0 aromatic heterocycles. The van der Waals surface area contributed by atoms with Gasteiger partial charge in [-0.25, -0.2) is 0 Å². The van der Waals surface area contributed by atoms with Crippen LogP contribution in [0.15, 0.2) is 0 Å². The molecule has 106 valence electrons. The molecule has 0 spiro atoms. The van der Waals surface area contributed by atoms with Gasteiger partial charge >= 0.3 is 0 Å². The number of amides is 1. The van der Waals surface area contributed by atoms with Crippen molar-refractivity contribution in [2.45, 2.75) is 64.5 Å². The highest BCUT2D eigenvalue weighted by molar-refractivity contribution is 5.84. The molecule has 4 nitrogen and oxygen atoms in total. The molecule has 0 aromatic rings. The first kappa shape index (κ1) is 15.4. The minimum Gasteiger partial charge on any atom is -0.368 e. The Hall–Kier alpha value is -0.610. The maximum absolute atomic E-state index is 11.7. The molecule has 3 N–H and O–H groups in total. The first-order valence-corrected chi connectivity index (χ1v) is 7.32. The van der Waals surface area contributed by atoms with E-state index in [-0.39, 0.29) is 5.91 Å². The van der Waals surface area contributed by atoms with E-state index in [0.717, 1.165) is 19.6 Å². The molecule has 1 heterocycles. The number of carbonyl (C=O) groups is 1. The van der Waals surface area contributed by atoms with E-state index in [0.29, 0.717) is 6.04 Å². The van der Waals surface area contributed by atoms with Crippen LogP contribution in [-0.2, 0) is 4.79 Å². The van der Waals surface area contributed by atoms with Crippen LogP contribution in [-0.4, -0.2) is 42.0 Å². The van der Waals surface area contributed by atoms with Crippen LogP contribution >= 0.6 is 0 Å². The van der Waals surface area contributed by atoms with E-state index in [4.69, 9.17) is 5.73 Å². The molecule has 2 atom stereocenters. The van der Waals surface area contributed by atoms with E-state index < -0.39 is 5.54 Å². The van der Waals surface area contributed by atoms with Gasteiger partial charge in [-0.05, 0) is 39.3 Å². The number of hydrogen-bond donors (Lipinski definition) is 2. The van der Waals surface area contributed by atoms with Crippen molar-refractivity contribution in [3.8, 4) is 0 Å². The number of likely N-dealkylation sites (N-methyl/N-ethyl adjacent to an activating group) is 1. The van der Waals surface area contributed by atoms with Gasteiger partial charge in [-0.3, -0.25) is 9.69 Å². The molecule has 0 radical (unpaired) electrons. The van der Waals surface area contributed by atoms with Crippen LogP contribution < -0.4 is 11.1 Å². The number of hydrogen-bond acceptors (Lipinski definition) is 3. The maximum atomic E-state index is 11.7. The van der Waals surface area contributed by atoms with E-state index in [1.165, 1.54) is 32.1 Å². The van der Waals surface area contributed by atoms with Crippen molar-refractivity contribution < 1.29 is 4.79 Å². The fourth-order valence-electron chi connectivity index (χ4n) is 2.95. The molecule has 1 fully saturated rings. The Labute approximate surface area is 111 Å². The lowest BCUT2D eigenvalue weighted by Crippen LogP contribution is -2.61. The summed E-state index contributed by atoms with van der Waals surface area (Å²) in [4.78, 5) is 14.1. The van der Waals surface area contributed by atoms with Crippen LogP contribution in [0.1, 0.15) is 52.9 Å². The average molecular weight is 255 g/mol. The third-order valence-corrected chi connectivity index (χ3v) is 4.00. The summed E-state index contributed by atoms with van der Waals surface area (Å²) in [6, 6.07) is 0.626. The number of likely N-dealkylation sites (tertiary alicyclic amines) is 1. The smallest absolute Gasteiger partial charge is 0.238 e. The van der Waals surface area contributed by atoms with Crippen LogP contribution in [0.4, 0.5) is 0 Å². The third-order valence-electron chi connectivity index (χ3n) is 4.00. The highest BCUT2D eigenvalue weighted by Gasteiger charge is 2.35. The number of nitrogens with two attached hydrogens (primary N) is 1. The largest absolute Gasteiger partial charge is 0.368 e. The Morgan fingerprint density at radius 3 is 2.72 bits per heavy atom. The molecule has 18 heavy (non-hydrogen) atoms. The maximum Gasteiger partial charge on any atom is 0.238 e. The molecule has 0 aromatic carbocycles. The first-order chi connectivity index (χ1) is 8.53. The summed E-state index contributed by atoms with van der Waals surface area (Å²) in [7, 11) is 0. The summed E-state index contributed by atoms with van der Waals surface area (Å²) in [6.07, 6.45) is 6.24. The van der Waals surface area contributed by atoms with Gasteiger partial charge in [-0.2, -0.15) is 0 Å². The SMILES string of the molecule is CCCC1CCCCN1CC(C)(NCC)C(N)=O. The molecule has 1 amide bonds. The molecule has 0 saturated carbocycles. The zero-order chi connectivity index (χ0) is 13.6. The minimum absolute atomic E-state index is 0.245. The fraction of sp³-hybridized carbons (Fsp3) is 0.929. The highest BCUT2D eigenvalue weighted by Crippen LogP contribution is 2.22. The summed E-state index contributed by atoms with van der Waals surface area (Å²) in [5.41, 5.74) is 4.97. The predicted octanol–water partition coefficient (Wildman–Crippen LogP) is 1.49. The molecule has 1 saturated heterocycles. The van der Waals surface area contributed by atoms with Gasteiger partial charge in [-0.15, -0.1) is 0 Å². The third kappa shape index (κ3) is 3.95. The quantitative estimate of drug-likeness (QED) is 0.725. The van der Waals surface area contributed by atoms with E-state index in [1.807, 2.05) is 13.8 Å². The summed E-state index contributed by atoms with van der Waals surface area (Å²) < 4.78 is 0. The highest BCUT2D eigenvalue weighted by atomic mass is 16.1. The minimum atomic E-state index is -0.599. The summed E-state index contributed by atoms with van der Waals surface area (Å²) in [6.45, 7) is 8.77. The molecule has 1 aliphatic rings. The number of nitrogens with one attached hydrogen (secondary N) is 1. The lowest BCUT2D eigenvalue weighted by atomic mass is 9.93. The molecule has 0 aliphatic carbocycles. The van der Waals surface area contributed by atoms with Crippen molar-refractivity contribution in [2.24, 2.45) is 5.73 Å². The Bertz CT molecular complexity index is 268. The Kier molecular flexibility index (Phi) is 6.09. The van der Waals surface area contributed by atoms with Gasteiger partial charge in [0.15, 0.2) is 0 Å². The number of rotatable bonds is 7. The topological polar surface area (TPSA) is 58.4 Å². The lowest BCUT2D eigenvalue weighted by molar-refractivity contribution is -0.125. The standard InChI is InChI=1S/C14H29N3O/c1-4-8-12-9-6-7-10-17(12)11-14(3,13(15)18)16-5-2/h12,16H,4-11H2,1-3H3,(H2,15,18). The van der Waals surface area contributed by atoms with Crippen molar-refractivity contribution in [2.75, 3.05) is 19.6 Å². The first-order valence-electron chi connectivity index (χ1n) is 7.32. The van der Waals surface area contributed by atoms with Gasteiger partial charge in [0.05, 0.1) is 0 Å². The van der Waals surface area contributed by atoms with E-state index in [2.05, 4.69) is 17.1 Å². The normalized spacial score (nSPS) is 24.7. The zero-order valence-corrected chi connectivity index (χ0v) is 12.2. The number of primary amides is 1. The van der Waals surface area contributed by atoms with Gasteiger partial charge in [0.1, 0.15) is 5.54 Å². The monoisotopic (exact) mass is 255 g/mol. The molecule has 1 rings (SSSR count). The van der Waals surface area contributed by atoms with Crippen molar-refractivity contribution >= 4 is 5.91 Å². The van der Waals surface area contributed by atoms with Gasteiger partial charge in [0.2, 0.25) is 5.91 Å². The van der Waals surface area contributed by atoms with Crippen LogP contribution in [0.5, 0.6) is 0 Å². The van der Waals surface area contributed by atoms with Crippen LogP contribution in [0.2, 0.25) is 0 Å². The number of carbonyl (C=O) groups excluding carboxylic acids is 1. The van der Waals surface area contributed by atoms with E-state index in [1.54, 1.807) is 0 Å². The van der Waals surface area contributed by atoms with Gasteiger partial charge in [-0.1, -0.05) is 26.7 Å². The van der Waals surface area contributed by atoms with Gasteiger partial charge < -0.3 is 11.1 Å². The van der Waals surface area contributed by atoms with E-state index >= 15 is 0 Å². The van der Waals surface area contributed by atoms with Gasteiger partial charge in [0.25, 0.3) is 0 Å². The molecular formula is C14H29N3O.